The van der Waals surface area contributed by atoms with Crippen molar-refractivity contribution in [3.8, 4) is 22.9 Å². The summed E-state index contributed by atoms with van der Waals surface area (Å²) < 4.78 is 17.7. The Morgan fingerprint density at radius 1 is 1.19 bits per heavy atom. The van der Waals surface area contributed by atoms with Crippen molar-refractivity contribution in [3.05, 3.63) is 82.5 Å². The summed E-state index contributed by atoms with van der Waals surface area (Å²) in [6.07, 6.45) is 3.02. The molecule has 31 heavy (non-hydrogen) atoms. The number of rotatable bonds is 6. The summed E-state index contributed by atoms with van der Waals surface area (Å²) in [6, 6.07) is 16.0. The first-order chi connectivity index (χ1) is 15.1. The Labute approximate surface area is 182 Å². The first kappa shape index (κ1) is 20.3. The van der Waals surface area contributed by atoms with Crippen molar-refractivity contribution < 1.29 is 18.7 Å². The second-order valence-electron chi connectivity index (χ2n) is 6.50. The molecular weight excluding hydrogens is 416 g/mol. The van der Waals surface area contributed by atoms with Crippen LogP contribution in [0.3, 0.4) is 0 Å². The molecule has 0 atom stereocenters. The number of hydrogen-bond donors (Lipinski definition) is 1. The number of carbonyl (C=O) groups is 1. The fraction of sp³-hybridized carbons (Fsp3) is 0.0909. The molecule has 9 heteroatoms. The molecule has 0 saturated heterocycles. The topological polar surface area (TPSA) is 94.6 Å². The molecule has 4 rings (SSSR count). The van der Waals surface area contributed by atoms with Crippen molar-refractivity contribution in [1.29, 1.82) is 0 Å². The average Bonchev–Trinajstić information content (AvgIpc) is 3.44. The van der Waals surface area contributed by atoms with E-state index in [1.54, 1.807) is 35.2 Å². The molecule has 0 aliphatic carbocycles. The third-order valence-corrected chi connectivity index (χ3v) is 4.74. The number of nitrogens with one attached hydrogen (secondary N) is 1. The molecule has 1 N–H and O–H groups in total. The molecule has 0 amide bonds. The summed E-state index contributed by atoms with van der Waals surface area (Å²) in [7, 11) is 1.49. The zero-order valence-electron chi connectivity index (χ0n) is 16.7. The molecule has 2 aromatic carbocycles. The van der Waals surface area contributed by atoms with E-state index in [0.717, 1.165) is 11.1 Å². The van der Waals surface area contributed by atoms with E-state index in [1.807, 2.05) is 31.2 Å². The van der Waals surface area contributed by atoms with E-state index in [0.29, 0.717) is 21.9 Å². The van der Waals surface area contributed by atoms with Crippen LogP contribution in [-0.2, 0) is 0 Å². The number of aromatic amines is 1. The number of furan rings is 1. The monoisotopic (exact) mass is 434 g/mol. The molecule has 0 bridgehead atoms. The largest absolute Gasteiger partial charge is 0.493 e. The number of aromatic nitrogens is 3. The lowest BCUT2D eigenvalue weighted by Crippen LogP contribution is -2.08. The third-order valence-electron chi connectivity index (χ3n) is 4.47. The van der Waals surface area contributed by atoms with Gasteiger partial charge in [-0.3, -0.25) is 0 Å². The molecular formula is C22H18N4O4S. The summed E-state index contributed by atoms with van der Waals surface area (Å²) >= 11 is 5.33. The van der Waals surface area contributed by atoms with Crippen LogP contribution in [0.25, 0.3) is 11.4 Å². The number of hydrogen-bond acceptors (Lipinski definition) is 7. The van der Waals surface area contributed by atoms with E-state index in [2.05, 4.69) is 15.3 Å². The quantitative estimate of drug-likeness (QED) is 0.206. The Morgan fingerprint density at radius 2 is 2.03 bits per heavy atom. The molecule has 0 saturated carbocycles. The second-order valence-corrected chi connectivity index (χ2v) is 6.89. The fourth-order valence-corrected chi connectivity index (χ4v) is 3.09. The minimum Gasteiger partial charge on any atom is -0.493 e. The normalized spacial score (nSPS) is 11.0. The van der Waals surface area contributed by atoms with E-state index >= 15 is 0 Å². The van der Waals surface area contributed by atoms with Gasteiger partial charge < -0.3 is 13.9 Å². The highest BCUT2D eigenvalue weighted by Gasteiger charge is 2.15. The van der Waals surface area contributed by atoms with E-state index in [4.69, 9.17) is 26.1 Å². The molecule has 2 aromatic heterocycles. The summed E-state index contributed by atoms with van der Waals surface area (Å²) in [4.78, 5) is 12.1. The Hall–Kier alpha value is -3.98. The van der Waals surface area contributed by atoms with Gasteiger partial charge in [-0.15, -0.1) is 0 Å². The summed E-state index contributed by atoms with van der Waals surface area (Å²) in [5.41, 5.74) is 2.69. The van der Waals surface area contributed by atoms with E-state index in [-0.39, 0.29) is 11.5 Å². The molecule has 156 valence electrons. The van der Waals surface area contributed by atoms with Crippen LogP contribution >= 0.6 is 12.2 Å². The molecule has 0 fully saturated rings. The molecule has 4 aromatic rings. The van der Waals surface area contributed by atoms with Crippen LogP contribution in [-0.4, -0.2) is 34.2 Å². The van der Waals surface area contributed by atoms with Crippen LogP contribution in [0.1, 0.15) is 21.7 Å². The van der Waals surface area contributed by atoms with Crippen LogP contribution in [0.4, 0.5) is 0 Å². The van der Waals surface area contributed by atoms with E-state index < -0.39 is 5.97 Å². The van der Waals surface area contributed by atoms with Gasteiger partial charge in [0.25, 0.3) is 0 Å². The smallest absolute Gasteiger partial charge is 0.379 e. The van der Waals surface area contributed by atoms with Crippen LogP contribution < -0.4 is 9.47 Å². The lowest BCUT2D eigenvalue weighted by Gasteiger charge is -2.09. The maximum atomic E-state index is 12.1. The third kappa shape index (κ3) is 4.31. The van der Waals surface area contributed by atoms with Crippen molar-refractivity contribution in [2.24, 2.45) is 5.10 Å². The van der Waals surface area contributed by atoms with Crippen LogP contribution in [0.15, 0.2) is 70.4 Å². The first-order valence-corrected chi connectivity index (χ1v) is 9.69. The van der Waals surface area contributed by atoms with Gasteiger partial charge in [0.15, 0.2) is 17.3 Å². The summed E-state index contributed by atoms with van der Waals surface area (Å²) in [6.45, 7) is 1.99. The van der Waals surface area contributed by atoms with E-state index in [9.17, 15) is 4.79 Å². The second kappa shape index (κ2) is 8.80. The SMILES string of the molecule is COc1cc(/C=N\n2c(-c3ccccc3C)n[nH]c2=S)ccc1OC(=O)c1ccco1. The van der Waals surface area contributed by atoms with Crippen molar-refractivity contribution in [2.45, 2.75) is 6.92 Å². The lowest BCUT2D eigenvalue weighted by molar-refractivity contribution is 0.0696. The van der Waals surface area contributed by atoms with Gasteiger partial charge >= 0.3 is 5.97 Å². The molecule has 0 unspecified atom stereocenters. The zero-order valence-corrected chi connectivity index (χ0v) is 17.6. The van der Waals surface area contributed by atoms with Crippen LogP contribution in [0, 0.1) is 11.7 Å². The number of benzene rings is 2. The van der Waals surface area contributed by atoms with Gasteiger partial charge in [-0.25, -0.2) is 9.89 Å². The average molecular weight is 434 g/mol. The number of H-pyrrole nitrogens is 1. The number of methoxy groups -OCH3 is 1. The zero-order chi connectivity index (χ0) is 21.8. The Bertz CT molecular complexity index is 1310. The Balaban J connectivity index is 1.61. The Kier molecular flexibility index (Phi) is 5.76. The number of aryl methyl sites for hydroxylation is 1. The molecule has 8 nitrogen and oxygen atoms in total. The predicted molar refractivity (Wildman–Crippen MR) is 117 cm³/mol. The molecule has 0 spiro atoms. The minimum absolute atomic E-state index is 0.103. The summed E-state index contributed by atoms with van der Waals surface area (Å²) in [5, 5.41) is 11.6. The summed E-state index contributed by atoms with van der Waals surface area (Å²) in [5.74, 6) is 0.735. The van der Waals surface area contributed by atoms with Crippen molar-refractivity contribution in [2.75, 3.05) is 7.11 Å². The molecule has 0 aliphatic rings. The lowest BCUT2D eigenvalue weighted by atomic mass is 10.1. The van der Waals surface area contributed by atoms with Gasteiger partial charge in [0.1, 0.15) is 0 Å². The standard InChI is InChI=1S/C22H18N4O4S/c1-14-6-3-4-7-16(14)20-24-25-22(31)26(20)23-13-15-9-10-17(19(12-15)28-2)30-21(27)18-8-5-11-29-18/h3-13H,1-2H3,(H,25,31)/b23-13-. The van der Waals surface area contributed by atoms with Crippen LogP contribution in [0.2, 0.25) is 0 Å². The van der Waals surface area contributed by atoms with Gasteiger partial charge in [-0.1, -0.05) is 24.3 Å². The molecule has 0 radical (unpaired) electrons. The van der Waals surface area contributed by atoms with E-state index in [1.165, 1.54) is 19.4 Å². The number of nitrogens with zero attached hydrogens (tertiary/aromatic N) is 3. The van der Waals surface area contributed by atoms with Crippen molar-refractivity contribution >= 4 is 24.4 Å². The maximum Gasteiger partial charge on any atom is 0.379 e. The minimum atomic E-state index is -0.614. The number of esters is 1. The van der Waals surface area contributed by atoms with Gasteiger partial charge in [0, 0.05) is 5.56 Å². The molecule has 0 aliphatic heterocycles. The fourth-order valence-electron chi connectivity index (χ4n) is 2.91. The highest BCUT2D eigenvalue weighted by atomic mass is 32.1. The highest BCUT2D eigenvalue weighted by Crippen LogP contribution is 2.28. The van der Waals surface area contributed by atoms with Gasteiger partial charge in [-0.2, -0.15) is 14.9 Å². The highest BCUT2D eigenvalue weighted by molar-refractivity contribution is 7.71. The number of carbonyl (C=O) groups excluding carboxylic acids is 1. The number of ether oxygens (including phenoxy) is 2. The van der Waals surface area contributed by atoms with Gasteiger partial charge in [0.05, 0.1) is 19.6 Å². The van der Waals surface area contributed by atoms with Gasteiger partial charge in [-0.05, 0) is 60.6 Å². The van der Waals surface area contributed by atoms with Gasteiger partial charge in [0.2, 0.25) is 10.5 Å². The predicted octanol–water partition coefficient (Wildman–Crippen LogP) is 4.62. The van der Waals surface area contributed by atoms with Crippen molar-refractivity contribution in [1.82, 2.24) is 14.9 Å². The molecule has 2 heterocycles. The van der Waals surface area contributed by atoms with Crippen LogP contribution in [0.5, 0.6) is 11.5 Å². The maximum absolute atomic E-state index is 12.1. The Morgan fingerprint density at radius 3 is 2.77 bits per heavy atom. The van der Waals surface area contributed by atoms with Crippen molar-refractivity contribution in [3.63, 3.8) is 0 Å². The first-order valence-electron chi connectivity index (χ1n) is 9.28.